The largest absolute Gasteiger partial charge is 0.459 e. The second-order valence-electron chi connectivity index (χ2n) is 7.30. The maximum atomic E-state index is 12.8. The first-order valence-corrected chi connectivity index (χ1v) is 9.89. The van der Waals surface area contributed by atoms with Crippen LogP contribution >= 0.6 is 0 Å². The van der Waals surface area contributed by atoms with Crippen LogP contribution in [0.25, 0.3) is 22.4 Å². The molecule has 0 saturated carbocycles. The molecule has 7 heteroatoms. The van der Waals surface area contributed by atoms with E-state index in [1.54, 1.807) is 17.0 Å². The van der Waals surface area contributed by atoms with Crippen molar-refractivity contribution in [1.82, 2.24) is 14.9 Å². The summed E-state index contributed by atoms with van der Waals surface area (Å²) in [6, 6.07) is 18.1. The second kappa shape index (κ2) is 7.51. The zero-order valence-electron chi connectivity index (χ0n) is 16.2. The minimum atomic E-state index is -0.502. The number of imidazole rings is 1. The van der Waals surface area contributed by atoms with Gasteiger partial charge >= 0.3 is 0 Å². The van der Waals surface area contributed by atoms with Gasteiger partial charge in [-0.3, -0.25) is 9.59 Å². The number of carbonyl (C=O) groups excluding carboxylic acids is 2. The molecule has 30 heavy (non-hydrogen) atoms. The molecule has 1 saturated heterocycles. The molecular weight excluding hydrogens is 380 g/mol. The molecule has 7 nitrogen and oxygen atoms in total. The van der Waals surface area contributed by atoms with Crippen LogP contribution in [0.15, 0.2) is 71.3 Å². The molecule has 0 bridgehead atoms. The molecule has 2 aromatic heterocycles. The number of rotatable bonds is 4. The highest BCUT2D eigenvalue weighted by molar-refractivity contribution is 6.00. The molecule has 0 spiro atoms. The lowest BCUT2D eigenvalue weighted by Crippen LogP contribution is -2.43. The van der Waals surface area contributed by atoms with Crippen molar-refractivity contribution in [1.29, 1.82) is 0 Å². The summed E-state index contributed by atoms with van der Waals surface area (Å²) in [7, 11) is 0. The molecule has 150 valence electrons. The summed E-state index contributed by atoms with van der Waals surface area (Å²) in [5.41, 5.74) is 3.50. The number of hydrogen-bond acceptors (Lipinski definition) is 4. The van der Waals surface area contributed by atoms with Crippen LogP contribution in [0.2, 0.25) is 0 Å². The number of aromatic amines is 1. The number of likely N-dealkylation sites (tertiary alicyclic amines) is 1. The number of fused-ring (bicyclic) bond motifs is 1. The van der Waals surface area contributed by atoms with Crippen molar-refractivity contribution in [3.63, 3.8) is 0 Å². The summed E-state index contributed by atoms with van der Waals surface area (Å²) in [5.74, 6) is 0.590. The van der Waals surface area contributed by atoms with Gasteiger partial charge in [0, 0.05) is 17.8 Å². The first-order chi connectivity index (χ1) is 14.7. The van der Waals surface area contributed by atoms with Gasteiger partial charge in [-0.15, -0.1) is 0 Å². The Morgan fingerprint density at radius 2 is 1.90 bits per heavy atom. The highest BCUT2D eigenvalue weighted by Crippen LogP contribution is 2.24. The summed E-state index contributed by atoms with van der Waals surface area (Å²) in [6.45, 7) is 0.544. The summed E-state index contributed by atoms with van der Waals surface area (Å²) in [5, 5.41) is 2.93. The number of H-pyrrole nitrogens is 1. The Morgan fingerprint density at radius 1 is 1.07 bits per heavy atom. The van der Waals surface area contributed by atoms with Crippen molar-refractivity contribution in [2.45, 2.75) is 18.9 Å². The minimum Gasteiger partial charge on any atom is -0.459 e. The van der Waals surface area contributed by atoms with Crippen LogP contribution in [0.3, 0.4) is 0 Å². The van der Waals surface area contributed by atoms with E-state index in [0.717, 1.165) is 28.8 Å². The first kappa shape index (κ1) is 18.2. The lowest BCUT2D eigenvalue weighted by molar-refractivity contribution is -0.119. The van der Waals surface area contributed by atoms with Crippen LogP contribution in [-0.4, -0.2) is 39.3 Å². The molecular formula is C23H20N4O3. The van der Waals surface area contributed by atoms with Crippen molar-refractivity contribution in [2.75, 3.05) is 11.9 Å². The molecule has 0 aliphatic carbocycles. The van der Waals surface area contributed by atoms with E-state index in [-0.39, 0.29) is 17.6 Å². The molecule has 2 N–H and O–H groups in total. The Balaban J connectivity index is 1.29. The van der Waals surface area contributed by atoms with Crippen LogP contribution in [0.4, 0.5) is 5.69 Å². The Kier molecular flexibility index (Phi) is 4.55. The van der Waals surface area contributed by atoms with Gasteiger partial charge in [-0.2, -0.15) is 0 Å². The minimum absolute atomic E-state index is 0.191. The predicted octanol–water partition coefficient (Wildman–Crippen LogP) is 4.07. The lowest BCUT2D eigenvalue weighted by Gasteiger charge is -2.23. The van der Waals surface area contributed by atoms with E-state index in [2.05, 4.69) is 15.3 Å². The Labute approximate surface area is 172 Å². The van der Waals surface area contributed by atoms with Gasteiger partial charge in [-0.05, 0) is 61.4 Å². The summed E-state index contributed by atoms with van der Waals surface area (Å²) >= 11 is 0. The maximum Gasteiger partial charge on any atom is 0.290 e. The van der Waals surface area contributed by atoms with Crippen molar-refractivity contribution in [2.24, 2.45) is 0 Å². The average molecular weight is 400 g/mol. The van der Waals surface area contributed by atoms with Gasteiger partial charge in [0.1, 0.15) is 11.9 Å². The number of amides is 2. The molecule has 1 unspecified atom stereocenters. The number of aromatic nitrogens is 2. The van der Waals surface area contributed by atoms with E-state index in [9.17, 15) is 9.59 Å². The number of hydrogen-bond donors (Lipinski definition) is 2. The number of nitrogens with one attached hydrogen (secondary N) is 2. The molecule has 5 rings (SSSR count). The van der Waals surface area contributed by atoms with Gasteiger partial charge in [-0.1, -0.05) is 12.1 Å². The van der Waals surface area contributed by atoms with Gasteiger partial charge in [-0.25, -0.2) is 4.98 Å². The number of anilines is 1. The van der Waals surface area contributed by atoms with Crippen molar-refractivity contribution >= 4 is 28.5 Å². The highest BCUT2D eigenvalue weighted by Gasteiger charge is 2.35. The summed E-state index contributed by atoms with van der Waals surface area (Å²) < 4.78 is 5.20. The molecule has 1 atom stereocenters. The maximum absolute atomic E-state index is 12.8. The number of nitrogens with zero attached hydrogens (tertiary/aromatic N) is 2. The summed E-state index contributed by atoms with van der Waals surface area (Å²) in [6.07, 6.45) is 2.88. The quantitative estimate of drug-likeness (QED) is 0.540. The van der Waals surface area contributed by atoms with Crippen molar-refractivity contribution < 1.29 is 14.0 Å². The standard InChI is InChI=1S/C23H20N4O3/c28-22(19-7-3-13-27(19)23(29)20-8-4-14-30-20)24-16-11-9-15(10-12-16)21-25-17-5-1-2-6-18(17)26-21/h1-2,4-6,8-12,14,19H,3,7,13H2,(H,24,28)(H,25,26). The fourth-order valence-corrected chi connectivity index (χ4v) is 3.85. The van der Waals surface area contributed by atoms with Crippen LogP contribution in [-0.2, 0) is 4.79 Å². The van der Waals surface area contributed by atoms with Gasteiger partial charge in [0.05, 0.1) is 17.3 Å². The summed E-state index contributed by atoms with van der Waals surface area (Å²) in [4.78, 5) is 34.9. The topological polar surface area (TPSA) is 91.2 Å². The first-order valence-electron chi connectivity index (χ1n) is 9.89. The molecule has 2 amide bonds. The van der Waals surface area contributed by atoms with E-state index in [1.165, 1.54) is 6.26 Å². The van der Waals surface area contributed by atoms with Gasteiger partial charge in [0.25, 0.3) is 5.91 Å². The number of para-hydroxylation sites is 2. The number of furan rings is 1. The van der Waals surface area contributed by atoms with Crippen LogP contribution in [0.5, 0.6) is 0 Å². The predicted molar refractivity (Wildman–Crippen MR) is 113 cm³/mol. The van der Waals surface area contributed by atoms with E-state index in [1.807, 2.05) is 48.5 Å². The van der Waals surface area contributed by atoms with Crippen LogP contribution in [0, 0.1) is 0 Å². The monoisotopic (exact) mass is 400 g/mol. The van der Waals surface area contributed by atoms with Gasteiger partial charge in [0.15, 0.2) is 5.76 Å². The van der Waals surface area contributed by atoms with E-state index >= 15 is 0 Å². The molecule has 2 aromatic carbocycles. The number of benzene rings is 2. The smallest absolute Gasteiger partial charge is 0.290 e. The fourth-order valence-electron chi connectivity index (χ4n) is 3.85. The molecule has 1 aliphatic rings. The third-order valence-electron chi connectivity index (χ3n) is 5.36. The zero-order chi connectivity index (χ0) is 20.5. The second-order valence-corrected chi connectivity index (χ2v) is 7.30. The van der Waals surface area contributed by atoms with Gasteiger partial charge < -0.3 is 19.6 Å². The van der Waals surface area contributed by atoms with Gasteiger partial charge in [0.2, 0.25) is 5.91 Å². The van der Waals surface area contributed by atoms with Crippen LogP contribution in [0.1, 0.15) is 23.4 Å². The molecule has 4 aromatic rings. The lowest BCUT2D eigenvalue weighted by atomic mass is 10.1. The Hall–Kier alpha value is -3.87. The van der Waals surface area contributed by atoms with E-state index < -0.39 is 6.04 Å². The molecule has 0 radical (unpaired) electrons. The average Bonchev–Trinajstić information content (AvgIpc) is 3.54. The van der Waals surface area contributed by atoms with E-state index in [0.29, 0.717) is 18.7 Å². The third-order valence-corrected chi connectivity index (χ3v) is 5.36. The number of carbonyl (C=O) groups is 2. The SMILES string of the molecule is O=C(Nc1ccc(-c2nc3ccccc3[nH]2)cc1)C1CCCN1C(=O)c1ccco1. The van der Waals surface area contributed by atoms with Crippen LogP contribution < -0.4 is 5.32 Å². The Morgan fingerprint density at radius 3 is 2.67 bits per heavy atom. The molecule has 3 heterocycles. The van der Waals surface area contributed by atoms with E-state index in [4.69, 9.17) is 4.42 Å². The third kappa shape index (κ3) is 3.34. The normalized spacial score (nSPS) is 16.1. The molecule has 1 aliphatic heterocycles. The van der Waals surface area contributed by atoms with Crippen molar-refractivity contribution in [3.05, 3.63) is 72.7 Å². The molecule has 1 fully saturated rings. The zero-order valence-corrected chi connectivity index (χ0v) is 16.2. The van der Waals surface area contributed by atoms with Crippen molar-refractivity contribution in [3.8, 4) is 11.4 Å². The fraction of sp³-hybridized carbons (Fsp3) is 0.174. The highest BCUT2D eigenvalue weighted by atomic mass is 16.3. The Bertz CT molecular complexity index is 1160.